The molecule has 0 saturated heterocycles. The molecule has 28 heavy (non-hydrogen) atoms. The molecule has 1 aliphatic rings. The number of esters is 1. The largest absolute Gasteiger partial charge is 0.497 e. The Balaban J connectivity index is 1.45. The van der Waals surface area contributed by atoms with E-state index < -0.39 is 5.97 Å². The highest BCUT2D eigenvalue weighted by molar-refractivity contribution is 6.14. The lowest BCUT2D eigenvalue weighted by atomic mass is 10.1. The van der Waals surface area contributed by atoms with Crippen LogP contribution in [0, 0.1) is 0 Å². The van der Waals surface area contributed by atoms with E-state index in [0.717, 1.165) is 11.3 Å². The fourth-order valence-corrected chi connectivity index (χ4v) is 2.81. The van der Waals surface area contributed by atoms with E-state index in [-0.39, 0.29) is 18.0 Å². The minimum absolute atomic E-state index is 0.116. The van der Waals surface area contributed by atoms with Crippen molar-refractivity contribution < 1.29 is 28.2 Å². The molecule has 140 valence electrons. The summed E-state index contributed by atoms with van der Waals surface area (Å²) in [5.74, 6) is 1.38. The summed E-state index contributed by atoms with van der Waals surface area (Å²) in [5, 5.41) is 0. The Hall–Kier alpha value is -3.80. The molecule has 0 fully saturated rings. The molecule has 2 aromatic carbocycles. The molecular weight excluding hydrogens is 360 g/mol. The van der Waals surface area contributed by atoms with Crippen molar-refractivity contribution in [1.82, 2.24) is 0 Å². The van der Waals surface area contributed by atoms with Crippen LogP contribution in [0.3, 0.4) is 0 Å². The molecule has 2 heterocycles. The van der Waals surface area contributed by atoms with Crippen LogP contribution < -0.4 is 14.2 Å². The van der Waals surface area contributed by atoms with Gasteiger partial charge in [-0.1, -0.05) is 12.1 Å². The minimum atomic E-state index is -0.416. The summed E-state index contributed by atoms with van der Waals surface area (Å²) in [5.41, 5.74) is 1.22. The third-order valence-corrected chi connectivity index (χ3v) is 4.20. The van der Waals surface area contributed by atoms with Crippen LogP contribution in [0.2, 0.25) is 0 Å². The van der Waals surface area contributed by atoms with Crippen molar-refractivity contribution in [1.29, 1.82) is 0 Å². The number of allylic oxidation sites excluding steroid dienone is 1. The molecular formula is C22H16O6. The predicted molar refractivity (Wildman–Crippen MR) is 100 cm³/mol. The van der Waals surface area contributed by atoms with Gasteiger partial charge in [-0.25, -0.2) is 0 Å². The van der Waals surface area contributed by atoms with Crippen molar-refractivity contribution in [3.63, 3.8) is 0 Å². The van der Waals surface area contributed by atoms with Gasteiger partial charge in [-0.3, -0.25) is 9.59 Å². The number of methoxy groups -OCH3 is 1. The highest BCUT2D eigenvalue weighted by atomic mass is 16.5. The molecule has 0 N–H and O–H groups in total. The van der Waals surface area contributed by atoms with Crippen molar-refractivity contribution in [2.24, 2.45) is 0 Å². The summed E-state index contributed by atoms with van der Waals surface area (Å²) in [6, 6.07) is 15.3. The number of ether oxygens (including phenoxy) is 3. The Morgan fingerprint density at radius 2 is 1.86 bits per heavy atom. The van der Waals surface area contributed by atoms with Crippen LogP contribution in [0.15, 0.2) is 71.0 Å². The van der Waals surface area contributed by atoms with Gasteiger partial charge in [-0.15, -0.1) is 0 Å². The minimum Gasteiger partial charge on any atom is -0.497 e. The topological polar surface area (TPSA) is 75.0 Å². The van der Waals surface area contributed by atoms with Crippen molar-refractivity contribution in [2.45, 2.75) is 6.42 Å². The molecule has 4 rings (SSSR count). The van der Waals surface area contributed by atoms with Crippen molar-refractivity contribution >= 4 is 17.8 Å². The monoisotopic (exact) mass is 376 g/mol. The molecule has 0 saturated carbocycles. The number of ketones is 1. The van der Waals surface area contributed by atoms with Crippen LogP contribution in [0.1, 0.15) is 21.7 Å². The quantitative estimate of drug-likeness (QED) is 0.380. The van der Waals surface area contributed by atoms with Gasteiger partial charge in [0.2, 0.25) is 5.78 Å². The first-order valence-electron chi connectivity index (χ1n) is 8.58. The van der Waals surface area contributed by atoms with Crippen molar-refractivity contribution in [3.05, 3.63) is 83.5 Å². The van der Waals surface area contributed by atoms with Gasteiger partial charge in [0.15, 0.2) is 5.76 Å². The third kappa shape index (κ3) is 3.66. The summed E-state index contributed by atoms with van der Waals surface area (Å²) in [6.07, 6.45) is 3.15. The van der Waals surface area contributed by atoms with Crippen molar-refractivity contribution in [3.8, 4) is 17.2 Å². The van der Waals surface area contributed by atoms with Gasteiger partial charge in [0.05, 0.1) is 25.4 Å². The van der Waals surface area contributed by atoms with E-state index in [9.17, 15) is 9.59 Å². The van der Waals surface area contributed by atoms with Gasteiger partial charge >= 0.3 is 5.97 Å². The number of rotatable bonds is 5. The summed E-state index contributed by atoms with van der Waals surface area (Å²) in [6.45, 7) is 0. The number of hydrogen-bond donors (Lipinski definition) is 0. The molecule has 0 atom stereocenters. The standard InChI is InChI=1S/C22H16O6/c1-25-15-6-4-14(5-7-15)11-21(23)27-17-8-9-18-19(13-17)28-20(22(18)24)12-16-3-2-10-26-16/h2-10,12-13H,11H2,1H3/b20-12-. The Kier molecular flexibility index (Phi) is 4.68. The molecule has 1 aromatic heterocycles. The number of carbonyl (C=O) groups is 2. The molecule has 0 aliphatic carbocycles. The van der Waals surface area contributed by atoms with E-state index in [4.69, 9.17) is 18.6 Å². The number of fused-ring (bicyclic) bond motifs is 1. The van der Waals surface area contributed by atoms with Crippen LogP contribution in [-0.2, 0) is 11.2 Å². The van der Waals surface area contributed by atoms with E-state index in [1.807, 2.05) is 0 Å². The van der Waals surface area contributed by atoms with E-state index in [0.29, 0.717) is 22.8 Å². The maximum atomic E-state index is 12.4. The fourth-order valence-electron chi connectivity index (χ4n) is 2.81. The van der Waals surface area contributed by atoms with E-state index in [2.05, 4.69) is 0 Å². The summed E-state index contributed by atoms with van der Waals surface area (Å²) in [4.78, 5) is 24.6. The van der Waals surface area contributed by atoms with Gasteiger partial charge in [0, 0.05) is 12.1 Å². The first-order chi connectivity index (χ1) is 13.6. The molecule has 3 aromatic rings. The van der Waals surface area contributed by atoms with E-state index >= 15 is 0 Å². The zero-order valence-corrected chi connectivity index (χ0v) is 15.0. The number of Topliss-reactive ketones (excluding diaryl/α,β-unsaturated/α-hetero) is 1. The molecule has 0 bridgehead atoms. The molecule has 0 radical (unpaired) electrons. The Morgan fingerprint density at radius 3 is 2.57 bits per heavy atom. The lowest BCUT2D eigenvalue weighted by Gasteiger charge is -2.06. The summed E-state index contributed by atoms with van der Waals surface area (Å²) >= 11 is 0. The van der Waals surface area contributed by atoms with Gasteiger partial charge in [-0.2, -0.15) is 0 Å². The van der Waals surface area contributed by atoms with Gasteiger partial charge < -0.3 is 18.6 Å². The van der Waals surface area contributed by atoms with Crippen LogP contribution >= 0.6 is 0 Å². The van der Waals surface area contributed by atoms with Gasteiger partial charge in [0.1, 0.15) is 23.0 Å². The van der Waals surface area contributed by atoms with Crippen LogP contribution in [0.25, 0.3) is 6.08 Å². The molecule has 0 amide bonds. The SMILES string of the molecule is COc1ccc(CC(=O)Oc2ccc3c(c2)O/C(=C\c2ccco2)C3=O)cc1. The average Bonchev–Trinajstić information content (AvgIpc) is 3.31. The second-order valence-electron chi connectivity index (χ2n) is 6.11. The first kappa shape index (κ1) is 17.6. The van der Waals surface area contributed by atoms with Crippen LogP contribution in [0.5, 0.6) is 17.2 Å². The average molecular weight is 376 g/mol. The summed E-state index contributed by atoms with van der Waals surface area (Å²) < 4.78 is 21.3. The second kappa shape index (κ2) is 7.44. The van der Waals surface area contributed by atoms with E-state index in [1.54, 1.807) is 55.6 Å². The Labute approximate surface area is 160 Å². The molecule has 0 unspecified atom stereocenters. The maximum Gasteiger partial charge on any atom is 0.315 e. The van der Waals surface area contributed by atoms with Crippen molar-refractivity contribution in [2.75, 3.05) is 7.11 Å². The second-order valence-corrected chi connectivity index (χ2v) is 6.11. The smallest absolute Gasteiger partial charge is 0.315 e. The predicted octanol–water partition coefficient (Wildman–Crippen LogP) is 4.05. The fraction of sp³-hybridized carbons (Fsp3) is 0.0909. The summed E-state index contributed by atoms with van der Waals surface area (Å²) in [7, 11) is 1.58. The first-order valence-corrected chi connectivity index (χ1v) is 8.58. The van der Waals surface area contributed by atoms with Gasteiger partial charge in [-0.05, 0) is 42.0 Å². The highest BCUT2D eigenvalue weighted by Crippen LogP contribution is 2.35. The number of hydrogen-bond acceptors (Lipinski definition) is 6. The normalized spacial score (nSPS) is 13.9. The Bertz CT molecular complexity index is 1050. The number of furan rings is 1. The van der Waals surface area contributed by atoms with E-state index in [1.165, 1.54) is 18.4 Å². The van der Waals surface area contributed by atoms with Crippen LogP contribution in [-0.4, -0.2) is 18.9 Å². The molecule has 1 aliphatic heterocycles. The Morgan fingerprint density at radius 1 is 1.07 bits per heavy atom. The third-order valence-electron chi connectivity index (χ3n) is 4.20. The maximum absolute atomic E-state index is 12.4. The zero-order chi connectivity index (χ0) is 19.5. The molecule has 6 heteroatoms. The highest BCUT2D eigenvalue weighted by Gasteiger charge is 2.28. The van der Waals surface area contributed by atoms with Crippen LogP contribution in [0.4, 0.5) is 0 Å². The zero-order valence-electron chi connectivity index (χ0n) is 15.0. The lowest BCUT2D eigenvalue weighted by molar-refractivity contribution is -0.133. The number of carbonyl (C=O) groups excluding carboxylic acids is 2. The molecule has 0 spiro atoms. The number of benzene rings is 2. The van der Waals surface area contributed by atoms with Gasteiger partial charge in [0.25, 0.3) is 0 Å². The lowest BCUT2D eigenvalue weighted by Crippen LogP contribution is -2.11. The molecule has 6 nitrogen and oxygen atoms in total.